The van der Waals surface area contributed by atoms with Crippen LogP contribution in [0.1, 0.15) is 19.4 Å². The number of morpholine rings is 1. The van der Waals surface area contributed by atoms with Gasteiger partial charge in [0.1, 0.15) is 0 Å². The molecule has 0 saturated carbocycles. The number of nitrogens with zero attached hydrogens (tertiary/aromatic N) is 2. The first-order valence-electron chi connectivity index (χ1n) is 6.08. The summed E-state index contributed by atoms with van der Waals surface area (Å²) in [4.78, 5) is 13.9. The Morgan fingerprint density at radius 1 is 1.35 bits per heavy atom. The summed E-state index contributed by atoms with van der Waals surface area (Å²) in [5.41, 5.74) is 1.13. The maximum Gasteiger partial charge on any atom is 0.250 e. The van der Waals surface area contributed by atoms with Gasteiger partial charge in [0.05, 0.1) is 12.2 Å². The topological polar surface area (TPSA) is 34.5 Å². The Bertz CT molecular complexity index is 431. The van der Waals surface area contributed by atoms with Crippen LogP contribution >= 0.6 is 0 Å². The van der Waals surface area contributed by atoms with E-state index in [-0.39, 0.29) is 17.8 Å². The van der Waals surface area contributed by atoms with Gasteiger partial charge in [0.25, 0.3) is 5.56 Å². The fourth-order valence-electron chi connectivity index (χ4n) is 2.36. The van der Waals surface area contributed by atoms with Crippen LogP contribution in [0.2, 0.25) is 0 Å². The lowest BCUT2D eigenvalue weighted by Crippen LogP contribution is -2.44. The fourth-order valence-corrected chi connectivity index (χ4v) is 2.36. The van der Waals surface area contributed by atoms with E-state index < -0.39 is 0 Å². The maximum atomic E-state index is 11.5. The van der Waals surface area contributed by atoms with Gasteiger partial charge < -0.3 is 9.30 Å². The second kappa shape index (κ2) is 5.02. The highest BCUT2D eigenvalue weighted by Crippen LogP contribution is 2.13. The van der Waals surface area contributed by atoms with E-state index in [0.29, 0.717) is 0 Å². The molecule has 0 N–H and O–H groups in total. The van der Waals surface area contributed by atoms with E-state index in [0.717, 1.165) is 25.2 Å². The SMILES string of the molecule is CC1CN(Cc2ccn(C)c(=O)c2)CC(C)O1. The Labute approximate surface area is 102 Å². The van der Waals surface area contributed by atoms with Crippen LogP contribution in [0.3, 0.4) is 0 Å². The molecule has 17 heavy (non-hydrogen) atoms. The first kappa shape index (κ1) is 12.3. The fraction of sp³-hybridized carbons (Fsp3) is 0.615. The molecule has 2 heterocycles. The van der Waals surface area contributed by atoms with Gasteiger partial charge in [0.2, 0.25) is 0 Å². The van der Waals surface area contributed by atoms with Crippen molar-refractivity contribution in [1.82, 2.24) is 9.47 Å². The predicted molar refractivity (Wildman–Crippen MR) is 67.0 cm³/mol. The van der Waals surface area contributed by atoms with Gasteiger partial charge in [-0.05, 0) is 25.5 Å². The van der Waals surface area contributed by atoms with Crippen molar-refractivity contribution in [3.05, 3.63) is 34.2 Å². The minimum atomic E-state index is 0.0526. The number of ether oxygens (including phenoxy) is 1. The van der Waals surface area contributed by atoms with E-state index in [9.17, 15) is 4.79 Å². The summed E-state index contributed by atoms with van der Waals surface area (Å²) in [6.45, 7) is 6.87. The summed E-state index contributed by atoms with van der Waals surface area (Å²) in [5.74, 6) is 0. The zero-order valence-electron chi connectivity index (χ0n) is 10.7. The van der Waals surface area contributed by atoms with Crippen molar-refractivity contribution in [3.63, 3.8) is 0 Å². The molecule has 0 spiro atoms. The summed E-state index contributed by atoms with van der Waals surface area (Å²) >= 11 is 0. The Kier molecular flexibility index (Phi) is 3.64. The van der Waals surface area contributed by atoms with Crippen molar-refractivity contribution in [3.8, 4) is 0 Å². The number of aromatic nitrogens is 1. The van der Waals surface area contributed by atoms with Crippen LogP contribution in [0, 0.1) is 0 Å². The molecule has 0 amide bonds. The third-order valence-corrected chi connectivity index (χ3v) is 3.07. The van der Waals surface area contributed by atoms with Crippen LogP contribution in [-0.2, 0) is 18.3 Å². The molecule has 2 rings (SSSR count). The third kappa shape index (κ3) is 3.17. The summed E-state index contributed by atoms with van der Waals surface area (Å²) in [5, 5.41) is 0. The highest BCUT2D eigenvalue weighted by molar-refractivity contribution is 5.10. The minimum absolute atomic E-state index is 0.0526. The smallest absolute Gasteiger partial charge is 0.250 e. The van der Waals surface area contributed by atoms with Crippen molar-refractivity contribution in [1.29, 1.82) is 0 Å². The number of rotatable bonds is 2. The van der Waals surface area contributed by atoms with E-state index in [1.165, 1.54) is 0 Å². The highest BCUT2D eigenvalue weighted by Gasteiger charge is 2.21. The molecule has 1 saturated heterocycles. The first-order valence-corrected chi connectivity index (χ1v) is 6.08. The van der Waals surface area contributed by atoms with Crippen LogP contribution < -0.4 is 5.56 Å². The largest absolute Gasteiger partial charge is 0.373 e. The molecule has 1 aromatic rings. The van der Waals surface area contributed by atoms with Crippen LogP contribution in [0.15, 0.2) is 23.1 Å². The number of pyridine rings is 1. The first-order chi connectivity index (χ1) is 8.04. The van der Waals surface area contributed by atoms with E-state index >= 15 is 0 Å². The Morgan fingerprint density at radius 2 is 2.00 bits per heavy atom. The Hall–Kier alpha value is -1.13. The van der Waals surface area contributed by atoms with Gasteiger partial charge in [-0.1, -0.05) is 0 Å². The molecular formula is C13H20N2O2. The zero-order valence-corrected chi connectivity index (χ0v) is 10.7. The molecule has 1 fully saturated rings. The molecule has 1 aliphatic rings. The average molecular weight is 236 g/mol. The average Bonchev–Trinajstić information content (AvgIpc) is 2.22. The molecule has 2 atom stereocenters. The molecule has 0 bridgehead atoms. The second-order valence-corrected chi connectivity index (χ2v) is 4.94. The van der Waals surface area contributed by atoms with E-state index in [1.54, 1.807) is 17.7 Å². The second-order valence-electron chi connectivity index (χ2n) is 4.94. The molecule has 2 unspecified atom stereocenters. The molecule has 0 aromatic carbocycles. The van der Waals surface area contributed by atoms with E-state index in [4.69, 9.17) is 4.74 Å². The molecular weight excluding hydrogens is 216 g/mol. The molecule has 94 valence electrons. The van der Waals surface area contributed by atoms with Crippen molar-refractivity contribution in [2.75, 3.05) is 13.1 Å². The van der Waals surface area contributed by atoms with E-state index in [1.807, 2.05) is 12.3 Å². The summed E-state index contributed by atoms with van der Waals surface area (Å²) in [6.07, 6.45) is 2.36. The Balaban J connectivity index is 2.05. The lowest BCUT2D eigenvalue weighted by molar-refractivity contribution is -0.0705. The minimum Gasteiger partial charge on any atom is -0.373 e. The highest BCUT2D eigenvalue weighted by atomic mass is 16.5. The molecule has 1 aliphatic heterocycles. The van der Waals surface area contributed by atoms with Crippen molar-refractivity contribution in [2.45, 2.75) is 32.6 Å². The van der Waals surface area contributed by atoms with Gasteiger partial charge in [-0.15, -0.1) is 0 Å². The maximum absolute atomic E-state index is 11.5. The van der Waals surface area contributed by atoms with E-state index in [2.05, 4.69) is 18.7 Å². The quantitative estimate of drug-likeness (QED) is 0.768. The molecule has 0 radical (unpaired) electrons. The number of aryl methyl sites for hydroxylation is 1. The van der Waals surface area contributed by atoms with Gasteiger partial charge in [0, 0.05) is 38.9 Å². The van der Waals surface area contributed by atoms with Crippen molar-refractivity contribution >= 4 is 0 Å². The van der Waals surface area contributed by atoms with Crippen molar-refractivity contribution in [2.24, 2.45) is 7.05 Å². The summed E-state index contributed by atoms with van der Waals surface area (Å²) < 4.78 is 7.28. The van der Waals surface area contributed by atoms with Gasteiger partial charge in [-0.3, -0.25) is 9.69 Å². The number of hydrogen-bond acceptors (Lipinski definition) is 3. The lowest BCUT2D eigenvalue weighted by atomic mass is 10.2. The third-order valence-electron chi connectivity index (χ3n) is 3.07. The molecule has 0 aliphatic carbocycles. The number of hydrogen-bond donors (Lipinski definition) is 0. The molecule has 4 heteroatoms. The van der Waals surface area contributed by atoms with Crippen LogP contribution in [0.4, 0.5) is 0 Å². The lowest BCUT2D eigenvalue weighted by Gasteiger charge is -2.35. The normalized spacial score (nSPS) is 26.1. The van der Waals surface area contributed by atoms with Gasteiger partial charge in [-0.25, -0.2) is 0 Å². The summed E-state index contributed by atoms with van der Waals surface area (Å²) in [6, 6.07) is 3.72. The van der Waals surface area contributed by atoms with Gasteiger partial charge in [0.15, 0.2) is 0 Å². The monoisotopic (exact) mass is 236 g/mol. The Morgan fingerprint density at radius 3 is 2.59 bits per heavy atom. The van der Waals surface area contributed by atoms with Crippen LogP contribution in [0.25, 0.3) is 0 Å². The molecule has 1 aromatic heterocycles. The predicted octanol–water partition coefficient (Wildman–Crippen LogP) is 0.994. The van der Waals surface area contributed by atoms with Crippen LogP contribution in [-0.4, -0.2) is 34.8 Å². The molecule has 4 nitrogen and oxygen atoms in total. The zero-order chi connectivity index (χ0) is 12.4. The van der Waals surface area contributed by atoms with Gasteiger partial charge >= 0.3 is 0 Å². The van der Waals surface area contributed by atoms with Crippen LogP contribution in [0.5, 0.6) is 0 Å². The van der Waals surface area contributed by atoms with Crippen molar-refractivity contribution < 1.29 is 4.74 Å². The summed E-state index contributed by atoms with van der Waals surface area (Å²) in [7, 11) is 1.77. The standard InChI is InChI=1S/C13H20N2O2/c1-10-7-15(8-11(2)17-10)9-12-4-5-14(3)13(16)6-12/h4-6,10-11H,7-9H2,1-3H3. The van der Waals surface area contributed by atoms with Gasteiger partial charge in [-0.2, -0.15) is 0 Å².